The lowest BCUT2D eigenvalue weighted by atomic mass is 10.1. The van der Waals surface area contributed by atoms with Gasteiger partial charge in [0.25, 0.3) is 5.91 Å². The summed E-state index contributed by atoms with van der Waals surface area (Å²) in [6.45, 7) is 5.92. The van der Waals surface area contributed by atoms with Gasteiger partial charge >= 0.3 is 0 Å². The quantitative estimate of drug-likeness (QED) is 0.694. The molecular formula is C15H23N3O2. The van der Waals surface area contributed by atoms with Crippen LogP contribution in [0.2, 0.25) is 0 Å². The summed E-state index contributed by atoms with van der Waals surface area (Å²) < 4.78 is 0. The normalized spacial score (nSPS) is 11.8. The summed E-state index contributed by atoms with van der Waals surface area (Å²) in [4.78, 5) is 23.2. The van der Waals surface area contributed by atoms with Gasteiger partial charge in [0, 0.05) is 31.6 Å². The summed E-state index contributed by atoms with van der Waals surface area (Å²) >= 11 is 0. The van der Waals surface area contributed by atoms with Gasteiger partial charge in [0.1, 0.15) is 0 Å². The number of carbonyl (C=O) groups excluding carboxylic acids is 2. The third-order valence-electron chi connectivity index (χ3n) is 3.06. The van der Waals surface area contributed by atoms with Crippen molar-refractivity contribution >= 4 is 11.8 Å². The van der Waals surface area contributed by atoms with Crippen molar-refractivity contribution in [3.8, 4) is 0 Å². The zero-order valence-corrected chi connectivity index (χ0v) is 12.3. The number of nitrogens with one attached hydrogen (secondary N) is 3. The fourth-order valence-electron chi connectivity index (χ4n) is 1.74. The molecule has 0 radical (unpaired) electrons. The van der Waals surface area contributed by atoms with Gasteiger partial charge < -0.3 is 16.0 Å². The Morgan fingerprint density at radius 3 is 2.40 bits per heavy atom. The standard InChI is InChI=1S/C15H23N3O2/c1-4-17-9-11(2)14(19)18-10-12-5-7-13(8-6-12)15(20)16-3/h5-8,11,17H,4,9-10H2,1-3H3,(H,16,20)(H,18,19). The van der Waals surface area contributed by atoms with E-state index >= 15 is 0 Å². The smallest absolute Gasteiger partial charge is 0.251 e. The lowest BCUT2D eigenvalue weighted by molar-refractivity contribution is -0.124. The third-order valence-corrected chi connectivity index (χ3v) is 3.06. The summed E-state index contributed by atoms with van der Waals surface area (Å²) in [5.74, 6) is -0.138. The second-order valence-electron chi connectivity index (χ2n) is 4.70. The van der Waals surface area contributed by atoms with Crippen molar-refractivity contribution in [1.29, 1.82) is 0 Å². The van der Waals surface area contributed by atoms with Crippen molar-refractivity contribution in [1.82, 2.24) is 16.0 Å². The average Bonchev–Trinajstić information content (AvgIpc) is 2.49. The molecule has 0 aliphatic carbocycles. The average molecular weight is 277 g/mol. The molecule has 0 bridgehead atoms. The van der Waals surface area contributed by atoms with Crippen molar-refractivity contribution < 1.29 is 9.59 Å². The van der Waals surface area contributed by atoms with E-state index in [0.29, 0.717) is 18.7 Å². The van der Waals surface area contributed by atoms with Crippen molar-refractivity contribution in [3.63, 3.8) is 0 Å². The first-order chi connectivity index (χ1) is 9.58. The Hall–Kier alpha value is -1.88. The van der Waals surface area contributed by atoms with Gasteiger partial charge in [0.15, 0.2) is 0 Å². The Bertz CT molecular complexity index is 443. The molecule has 110 valence electrons. The van der Waals surface area contributed by atoms with Gasteiger partial charge in [0.05, 0.1) is 0 Å². The van der Waals surface area contributed by atoms with E-state index in [2.05, 4.69) is 16.0 Å². The van der Waals surface area contributed by atoms with Gasteiger partial charge in [-0.15, -0.1) is 0 Å². The Morgan fingerprint density at radius 2 is 1.85 bits per heavy atom. The Labute approximate surface area is 120 Å². The highest BCUT2D eigenvalue weighted by molar-refractivity contribution is 5.93. The van der Waals surface area contributed by atoms with E-state index in [-0.39, 0.29) is 17.7 Å². The summed E-state index contributed by atoms with van der Waals surface area (Å²) in [5, 5.41) is 8.61. The van der Waals surface area contributed by atoms with E-state index in [1.54, 1.807) is 19.2 Å². The Morgan fingerprint density at radius 1 is 1.20 bits per heavy atom. The molecule has 1 unspecified atom stereocenters. The maximum Gasteiger partial charge on any atom is 0.251 e. The van der Waals surface area contributed by atoms with Crippen LogP contribution in [0, 0.1) is 5.92 Å². The molecule has 3 N–H and O–H groups in total. The lowest BCUT2D eigenvalue weighted by Gasteiger charge is -2.12. The molecule has 0 fully saturated rings. The first-order valence-electron chi connectivity index (χ1n) is 6.88. The highest BCUT2D eigenvalue weighted by atomic mass is 16.2. The predicted octanol–water partition coefficient (Wildman–Crippen LogP) is 0.908. The van der Waals surface area contributed by atoms with Crippen molar-refractivity contribution in [3.05, 3.63) is 35.4 Å². The van der Waals surface area contributed by atoms with Crippen LogP contribution in [0.15, 0.2) is 24.3 Å². The molecule has 1 aromatic carbocycles. The predicted molar refractivity (Wildman–Crippen MR) is 79.4 cm³/mol. The molecular weight excluding hydrogens is 254 g/mol. The molecule has 1 atom stereocenters. The molecule has 0 saturated carbocycles. The minimum atomic E-state index is -0.111. The van der Waals surface area contributed by atoms with Gasteiger partial charge in [-0.05, 0) is 24.2 Å². The van der Waals surface area contributed by atoms with Crippen LogP contribution < -0.4 is 16.0 Å². The molecule has 1 rings (SSSR count). The van der Waals surface area contributed by atoms with E-state index in [9.17, 15) is 9.59 Å². The van der Waals surface area contributed by atoms with Gasteiger partial charge in [-0.1, -0.05) is 26.0 Å². The highest BCUT2D eigenvalue weighted by Crippen LogP contribution is 2.04. The SMILES string of the molecule is CCNCC(C)C(=O)NCc1ccc(C(=O)NC)cc1. The van der Waals surface area contributed by atoms with Gasteiger partial charge in [-0.2, -0.15) is 0 Å². The molecule has 0 aliphatic rings. The van der Waals surface area contributed by atoms with Crippen LogP contribution in [-0.2, 0) is 11.3 Å². The van der Waals surface area contributed by atoms with Crippen molar-refractivity contribution in [2.24, 2.45) is 5.92 Å². The number of hydrogen-bond acceptors (Lipinski definition) is 3. The molecule has 20 heavy (non-hydrogen) atoms. The molecule has 0 aliphatic heterocycles. The largest absolute Gasteiger partial charge is 0.355 e. The van der Waals surface area contributed by atoms with Crippen molar-refractivity contribution in [2.45, 2.75) is 20.4 Å². The van der Waals surface area contributed by atoms with E-state index < -0.39 is 0 Å². The van der Waals surface area contributed by atoms with Crippen LogP contribution in [-0.4, -0.2) is 32.0 Å². The Kier molecular flexibility index (Phi) is 6.73. The third kappa shape index (κ3) is 5.01. The number of hydrogen-bond donors (Lipinski definition) is 3. The van der Waals surface area contributed by atoms with E-state index in [0.717, 1.165) is 12.1 Å². The summed E-state index contributed by atoms with van der Waals surface area (Å²) in [7, 11) is 1.60. The number of benzene rings is 1. The summed E-state index contributed by atoms with van der Waals surface area (Å²) in [6.07, 6.45) is 0. The summed E-state index contributed by atoms with van der Waals surface area (Å²) in [5.41, 5.74) is 1.59. The monoisotopic (exact) mass is 277 g/mol. The van der Waals surface area contributed by atoms with E-state index in [1.165, 1.54) is 0 Å². The molecule has 0 saturated heterocycles. The first kappa shape index (κ1) is 16.2. The van der Waals surface area contributed by atoms with Crippen LogP contribution in [0.5, 0.6) is 0 Å². The van der Waals surface area contributed by atoms with Crippen LogP contribution >= 0.6 is 0 Å². The van der Waals surface area contributed by atoms with Crippen LogP contribution in [0.4, 0.5) is 0 Å². The number of amides is 2. The van der Waals surface area contributed by atoms with Gasteiger partial charge in [-0.25, -0.2) is 0 Å². The van der Waals surface area contributed by atoms with E-state index in [1.807, 2.05) is 26.0 Å². The molecule has 0 spiro atoms. The molecule has 2 amide bonds. The lowest BCUT2D eigenvalue weighted by Crippen LogP contribution is -2.34. The fourth-order valence-corrected chi connectivity index (χ4v) is 1.74. The first-order valence-corrected chi connectivity index (χ1v) is 6.88. The van der Waals surface area contributed by atoms with E-state index in [4.69, 9.17) is 0 Å². The molecule has 5 heteroatoms. The van der Waals surface area contributed by atoms with Crippen molar-refractivity contribution in [2.75, 3.05) is 20.1 Å². The fraction of sp³-hybridized carbons (Fsp3) is 0.467. The minimum absolute atomic E-state index is 0.0290. The Balaban J connectivity index is 2.45. The summed E-state index contributed by atoms with van der Waals surface area (Å²) in [6, 6.07) is 7.20. The molecule has 1 aromatic rings. The molecule has 0 aromatic heterocycles. The second kappa shape index (κ2) is 8.32. The zero-order valence-electron chi connectivity index (χ0n) is 12.3. The maximum absolute atomic E-state index is 11.8. The zero-order chi connectivity index (χ0) is 15.0. The molecule has 5 nitrogen and oxygen atoms in total. The second-order valence-corrected chi connectivity index (χ2v) is 4.70. The highest BCUT2D eigenvalue weighted by Gasteiger charge is 2.11. The number of carbonyl (C=O) groups is 2. The van der Waals surface area contributed by atoms with Crippen LogP contribution in [0.25, 0.3) is 0 Å². The molecule has 0 heterocycles. The minimum Gasteiger partial charge on any atom is -0.355 e. The topological polar surface area (TPSA) is 70.2 Å². The van der Waals surface area contributed by atoms with Gasteiger partial charge in [-0.3, -0.25) is 9.59 Å². The number of rotatable bonds is 7. The van der Waals surface area contributed by atoms with Crippen LogP contribution in [0.3, 0.4) is 0 Å². The maximum atomic E-state index is 11.8. The van der Waals surface area contributed by atoms with Crippen LogP contribution in [0.1, 0.15) is 29.8 Å². The van der Waals surface area contributed by atoms with Gasteiger partial charge in [0.2, 0.25) is 5.91 Å².